The van der Waals surface area contributed by atoms with Crippen molar-refractivity contribution >= 4 is 5.91 Å². The molecule has 2 aromatic rings. The standard InChI is InChI=1S/C18H24N4O2/c1-3-22(4-2)16(23)13-21-11-10-15(12-21)18-19-17(20-24-18)14-8-6-5-7-9-14/h5-9,15H,3-4,10-13H2,1-2H3/t15-/m1/s1. The molecule has 1 aromatic heterocycles. The quantitative estimate of drug-likeness (QED) is 0.815. The Labute approximate surface area is 142 Å². The normalized spacial score (nSPS) is 18.0. The summed E-state index contributed by atoms with van der Waals surface area (Å²) in [7, 11) is 0. The molecule has 128 valence electrons. The van der Waals surface area contributed by atoms with Gasteiger partial charge < -0.3 is 9.42 Å². The summed E-state index contributed by atoms with van der Waals surface area (Å²) in [5.74, 6) is 1.70. The number of likely N-dealkylation sites (N-methyl/N-ethyl adjacent to an activating group) is 1. The summed E-state index contributed by atoms with van der Waals surface area (Å²) in [6, 6.07) is 9.83. The first-order valence-electron chi connectivity index (χ1n) is 8.60. The molecule has 0 aliphatic carbocycles. The van der Waals surface area contributed by atoms with Gasteiger partial charge >= 0.3 is 0 Å². The first kappa shape index (κ1) is 16.6. The predicted molar refractivity (Wildman–Crippen MR) is 91.5 cm³/mol. The monoisotopic (exact) mass is 328 g/mol. The second kappa shape index (κ2) is 7.57. The van der Waals surface area contributed by atoms with E-state index in [0.717, 1.165) is 38.2 Å². The summed E-state index contributed by atoms with van der Waals surface area (Å²) in [5.41, 5.74) is 0.957. The van der Waals surface area contributed by atoms with E-state index in [0.29, 0.717) is 18.3 Å². The van der Waals surface area contributed by atoms with Crippen LogP contribution in [0.1, 0.15) is 32.1 Å². The minimum atomic E-state index is 0.191. The molecule has 1 aliphatic rings. The molecule has 0 saturated carbocycles. The van der Waals surface area contributed by atoms with Crippen molar-refractivity contribution in [2.45, 2.75) is 26.2 Å². The van der Waals surface area contributed by atoms with E-state index in [9.17, 15) is 4.79 Å². The molecule has 3 rings (SSSR count). The van der Waals surface area contributed by atoms with Crippen LogP contribution in [0.2, 0.25) is 0 Å². The molecule has 1 fully saturated rings. The van der Waals surface area contributed by atoms with Gasteiger partial charge in [0.05, 0.1) is 12.5 Å². The second-order valence-corrected chi connectivity index (χ2v) is 6.11. The first-order chi connectivity index (χ1) is 11.7. The predicted octanol–water partition coefficient (Wildman–Crippen LogP) is 2.39. The van der Waals surface area contributed by atoms with Crippen LogP contribution in [0.5, 0.6) is 0 Å². The highest BCUT2D eigenvalue weighted by atomic mass is 16.5. The average molecular weight is 328 g/mol. The molecule has 24 heavy (non-hydrogen) atoms. The van der Waals surface area contributed by atoms with E-state index >= 15 is 0 Å². The topological polar surface area (TPSA) is 62.5 Å². The van der Waals surface area contributed by atoms with Crippen molar-refractivity contribution < 1.29 is 9.32 Å². The number of nitrogens with zero attached hydrogens (tertiary/aromatic N) is 4. The van der Waals surface area contributed by atoms with Crippen LogP contribution in [0.4, 0.5) is 0 Å². The maximum atomic E-state index is 12.2. The lowest BCUT2D eigenvalue weighted by Gasteiger charge is -2.22. The fourth-order valence-electron chi connectivity index (χ4n) is 3.15. The third kappa shape index (κ3) is 3.64. The third-order valence-electron chi connectivity index (χ3n) is 4.57. The molecular weight excluding hydrogens is 304 g/mol. The van der Waals surface area contributed by atoms with Crippen molar-refractivity contribution in [2.75, 3.05) is 32.7 Å². The number of hydrogen-bond acceptors (Lipinski definition) is 5. The molecule has 6 heteroatoms. The minimum absolute atomic E-state index is 0.191. The molecule has 1 aromatic carbocycles. The van der Waals surface area contributed by atoms with E-state index in [4.69, 9.17) is 4.52 Å². The maximum Gasteiger partial charge on any atom is 0.236 e. The molecule has 2 heterocycles. The lowest BCUT2D eigenvalue weighted by atomic mass is 10.1. The van der Waals surface area contributed by atoms with E-state index < -0.39 is 0 Å². The number of likely N-dealkylation sites (tertiary alicyclic amines) is 1. The van der Waals surface area contributed by atoms with Crippen LogP contribution in [-0.2, 0) is 4.79 Å². The second-order valence-electron chi connectivity index (χ2n) is 6.11. The summed E-state index contributed by atoms with van der Waals surface area (Å²) in [6.07, 6.45) is 0.946. The van der Waals surface area contributed by atoms with Crippen molar-refractivity contribution in [3.05, 3.63) is 36.2 Å². The van der Waals surface area contributed by atoms with Crippen LogP contribution in [0, 0.1) is 0 Å². The van der Waals surface area contributed by atoms with E-state index in [1.54, 1.807) is 0 Å². The number of rotatable bonds is 6. The van der Waals surface area contributed by atoms with Crippen molar-refractivity contribution in [1.82, 2.24) is 19.9 Å². The van der Waals surface area contributed by atoms with Crippen LogP contribution in [-0.4, -0.2) is 58.6 Å². The van der Waals surface area contributed by atoms with Crippen molar-refractivity contribution in [2.24, 2.45) is 0 Å². The number of benzene rings is 1. The number of aromatic nitrogens is 2. The van der Waals surface area contributed by atoms with E-state index in [-0.39, 0.29) is 11.8 Å². The zero-order chi connectivity index (χ0) is 16.9. The van der Waals surface area contributed by atoms with Gasteiger partial charge in [-0.3, -0.25) is 9.69 Å². The molecule has 0 radical (unpaired) electrons. The average Bonchev–Trinajstić information content (AvgIpc) is 3.26. The smallest absolute Gasteiger partial charge is 0.236 e. The van der Waals surface area contributed by atoms with Gasteiger partial charge in [0, 0.05) is 25.2 Å². The first-order valence-corrected chi connectivity index (χ1v) is 8.60. The van der Waals surface area contributed by atoms with Crippen LogP contribution >= 0.6 is 0 Å². The van der Waals surface area contributed by atoms with Crippen LogP contribution in [0.3, 0.4) is 0 Å². The summed E-state index contributed by atoms with van der Waals surface area (Å²) in [4.78, 5) is 20.8. The highest BCUT2D eigenvalue weighted by Gasteiger charge is 2.30. The van der Waals surface area contributed by atoms with Gasteiger partial charge in [0.2, 0.25) is 17.6 Å². The number of carbonyl (C=O) groups excluding carboxylic acids is 1. The largest absolute Gasteiger partial charge is 0.342 e. The zero-order valence-corrected chi connectivity index (χ0v) is 14.3. The van der Waals surface area contributed by atoms with Crippen molar-refractivity contribution in [3.63, 3.8) is 0 Å². The van der Waals surface area contributed by atoms with Crippen LogP contribution < -0.4 is 0 Å². The maximum absolute atomic E-state index is 12.2. The summed E-state index contributed by atoms with van der Waals surface area (Å²) < 4.78 is 5.46. The zero-order valence-electron chi connectivity index (χ0n) is 14.3. The van der Waals surface area contributed by atoms with Gasteiger partial charge in [-0.05, 0) is 26.8 Å². The van der Waals surface area contributed by atoms with E-state index in [1.165, 1.54) is 0 Å². The lowest BCUT2D eigenvalue weighted by molar-refractivity contribution is -0.131. The lowest BCUT2D eigenvalue weighted by Crippen LogP contribution is -2.39. The molecule has 1 saturated heterocycles. The Balaban J connectivity index is 1.60. The highest BCUT2D eigenvalue weighted by molar-refractivity contribution is 5.78. The van der Waals surface area contributed by atoms with Crippen LogP contribution in [0.25, 0.3) is 11.4 Å². The molecule has 0 unspecified atom stereocenters. The minimum Gasteiger partial charge on any atom is -0.342 e. The SMILES string of the molecule is CCN(CC)C(=O)CN1CC[C@@H](c2nc(-c3ccccc3)no2)C1. The molecule has 0 spiro atoms. The number of hydrogen-bond donors (Lipinski definition) is 0. The summed E-state index contributed by atoms with van der Waals surface area (Å²) in [6.45, 7) is 7.70. The van der Waals surface area contributed by atoms with Gasteiger partial charge in [-0.15, -0.1) is 0 Å². The van der Waals surface area contributed by atoms with E-state index in [1.807, 2.05) is 49.1 Å². The molecule has 1 amide bonds. The molecule has 0 bridgehead atoms. The molecule has 1 aliphatic heterocycles. The van der Waals surface area contributed by atoms with Gasteiger partial charge in [-0.25, -0.2) is 0 Å². The molecular formula is C18H24N4O2. The third-order valence-corrected chi connectivity index (χ3v) is 4.57. The van der Waals surface area contributed by atoms with Gasteiger partial charge in [-0.2, -0.15) is 4.98 Å². The Hall–Kier alpha value is -2.21. The Morgan fingerprint density at radius 2 is 2.04 bits per heavy atom. The van der Waals surface area contributed by atoms with Crippen molar-refractivity contribution in [1.29, 1.82) is 0 Å². The van der Waals surface area contributed by atoms with Crippen molar-refractivity contribution in [3.8, 4) is 11.4 Å². The van der Waals surface area contributed by atoms with Crippen LogP contribution in [0.15, 0.2) is 34.9 Å². The number of carbonyl (C=O) groups is 1. The van der Waals surface area contributed by atoms with Gasteiger partial charge in [0.25, 0.3) is 0 Å². The highest BCUT2D eigenvalue weighted by Crippen LogP contribution is 2.27. The summed E-state index contributed by atoms with van der Waals surface area (Å²) in [5, 5.41) is 4.09. The molecule has 6 nitrogen and oxygen atoms in total. The Kier molecular flexibility index (Phi) is 5.25. The molecule has 0 N–H and O–H groups in total. The summed E-state index contributed by atoms with van der Waals surface area (Å²) >= 11 is 0. The van der Waals surface area contributed by atoms with Gasteiger partial charge in [0.15, 0.2) is 0 Å². The Morgan fingerprint density at radius 3 is 2.75 bits per heavy atom. The fraction of sp³-hybridized carbons (Fsp3) is 0.500. The molecule has 1 atom stereocenters. The number of amides is 1. The Morgan fingerprint density at radius 1 is 1.29 bits per heavy atom. The van der Waals surface area contributed by atoms with E-state index in [2.05, 4.69) is 15.0 Å². The van der Waals surface area contributed by atoms with Gasteiger partial charge in [-0.1, -0.05) is 35.5 Å². The Bertz CT molecular complexity index is 667. The van der Waals surface area contributed by atoms with Gasteiger partial charge in [0.1, 0.15) is 0 Å². The fourth-order valence-corrected chi connectivity index (χ4v) is 3.15.